The summed E-state index contributed by atoms with van der Waals surface area (Å²) >= 11 is 0. The molecule has 0 heterocycles. The lowest BCUT2D eigenvalue weighted by atomic mass is 10.1. The molecule has 2 amide bonds. The van der Waals surface area contributed by atoms with Gasteiger partial charge in [-0.25, -0.2) is 0 Å². The van der Waals surface area contributed by atoms with Crippen LogP contribution in [0.15, 0.2) is 24.3 Å². The van der Waals surface area contributed by atoms with Gasteiger partial charge < -0.3 is 15.4 Å². The van der Waals surface area contributed by atoms with Crippen LogP contribution < -0.4 is 10.6 Å². The number of amides is 2. The maximum absolute atomic E-state index is 11.5. The average molecular weight is 292 g/mol. The minimum Gasteiger partial charge on any atom is -0.469 e. The molecule has 0 radical (unpaired) electrons. The van der Waals surface area contributed by atoms with E-state index in [0.717, 1.165) is 11.1 Å². The van der Waals surface area contributed by atoms with Gasteiger partial charge in [0.2, 0.25) is 11.8 Å². The molecule has 0 fully saturated rings. The normalized spacial score (nSPS) is 9.81. The van der Waals surface area contributed by atoms with E-state index < -0.39 is 5.97 Å². The predicted molar refractivity (Wildman–Crippen MR) is 77.1 cm³/mol. The third-order valence-corrected chi connectivity index (χ3v) is 2.84. The van der Waals surface area contributed by atoms with Crippen molar-refractivity contribution >= 4 is 17.8 Å². The second-order valence-corrected chi connectivity index (χ2v) is 4.58. The van der Waals surface area contributed by atoms with Crippen LogP contribution in [0.4, 0.5) is 0 Å². The van der Waals surface area contributed by atoms with Crippen molar-refractivity contribution in [3.05, 3.63) is 35.4 Å². The Labute approximate surface area is 123 Å². The average Bonchev–Trinajstić information content (AvgIpc) is 2.49. The molecule has 0 atom stereocenters. The largest absolute Gasteiger partial charge is 0.469 e. The van der Waals surface area contributed by atoms with Gasteiger partial charge in [-0.3, -0.25) is 14.4 Å². The molecule has 6 heteroatoms. The lowest BCUT2D eigenvalue weighted by molar-refractivity contribution is -0.142. The standard InChI is InChI=1S/C15H20N2O4/c1-11(18)16-9-12-3-5-13(6-4-12)10-17-14(19)7-8-15(20)21-2/h3-6H,7-10H2,1-2H3,(H,16,18)(H,17,19). The van der Waals surface area contributed by atoms with Crippen molar-refractivity contribution in [2.75, 3.05) is 7.11 Å². The van der Waals surface area contributed by atoms with Gasteiger partial charge in [0, 0.05) is 26.4 Å². The van der Waals surface area contributed by atoms with Gasteiger partial charge in [-0.2, -0.15) is 0 Å². The number of ether oxygens (including phenoxy) is 1. The second kappa shape index (κ2) is 8.73. The summed E-state index contributed by atoms with van der Waals surface area (Å²) in [5.41, 5.74) is 1.94. The van der Waals surface area contributed by atoms with Crippen LogP contribution in [0, 0.1) is 0 Å². The van der Waals surface area contributed by atoms with Gasteiger partial charge >= 0.3 is 5.97 Å². The smallest absolute Gasteiger partial charge is 0.306 e. The summed E-state index contributed by atoms with van der Waals surface area (Å²) in [6.45, 7) is 2.36. The summed E-state index contributed by atoms with van der Waals surface area (Å²) in [7, 11) is 1.29. The Bertz CT molecular complexity index is 497. The van der Waals surface area contributed by atoms with Crippen molar-refractivity contribution in [2.45, 2.75) is 32.9 Å². The lowest BCUT2D eigenvalue weighted by Crippen LogP contribution is -2.23. The summed E-state index contributed by atoms with van der Waals surface area (Å²) < 4.78 is 4.47. The van der Waals surface area contributed by atoms with E-state index in [0.29, 0.717) is 13.1 Å². The Balaban J connectivity index is 2.33. The molecule has 0 aromatic heterocycles. The SMILES string of the molecule is COC(=O)CCC(=O)NCc1ccc(CNC(C)=O)cc1. The fourth-order valence-corrected chi connectivity index (χ4v) is 1.61. The molecule has 2 N–H and O–H groups in total. The van der Waals surface area contributed by atoms with E-state index in [1.54, 1.807) is 0 Å². The Morgan fingerprint density at radius 3 is 1.95 bits per heavy atom. The van der Waals surface area contributed by atoms with Gasteiger partial charge in [0.1, 0.15) is 0 Å². The first kappa shape index (κ1) is 16.7. The Kier molecular flexibility index (Phi) is 6.94. The topological polar surface area (TPSA) is 84.5 Å². The highest BCUT2D eigenvalue weighted by molar-refractivity contribution is 5.81. The van der Waals surface area contributed by atoms with Crippen molar-refractivity contribution in [3.8, 4) is 0 Å². The number of carbonyl (C=O) groups excluding carboxylic acids is 3. The number of carbonyl (C=O) groups is 3. The fraction of sp³-hybridized carbons (Fsp3) is 0.400. The minimum atomic E-state index is -0.396. The first-order valence-corrected chi connectivity index (χ1v) is 6.67. The summed E-state index contributed by atoms with van der Waals surface area (Å²) in [5.74, 6) is -0.660. The summed E-state index contributed by atoms with van der Waals surface area (Å²) in [6.07, 6.45) is 0.200. The number of esters is 1. The molecule has 1 rings (SSSR count). The number of nitrogens with one attached hydrogen (secondary N) is 2. The highest BCUT2D eigenvalue weighted by Gasteiger charge is 2.06. The van der Waals surface area contributed by atoms with E-state index in [2.05, 4.69) is 15.4 Å². The van der Waals surface area contributed by atoms with Crippen LogP contribution in [0.1, 0.15) is 30.9 Å². The molecule has 0 saturated carbocycles. The molecule has 0 unspecified atom stereocenters. The molecule has 1 aromatic carbocycles. The molecular weight excluding hydrogens is 272 g/mol. The van der Waals surface area contributed by atoms with E-state index in [1.807, 2.05) is 24.3 Å². The van der Waals surface area contributed by atoms with Crippen molar-refractivity contribution in [3.63, 3.8) is 0 Å². The Morgan fingerprint density at radius 2 is 1.48 bits per heavy atom. The van der Waals surface area contributed by atoms with Gasteiger partial charge in [0.05, 0.1) is 13.5 Å². The third kappa shape index (κ3) is 7.10. The Morgan fingerprint density at radius 1 is 0.952 bits per heavy atom. The molecule has 114 valence electrons. The molecule has 0 bridgehead atoms. The molecule has 6 nitrogen and oxygen atoms in total. The highest BCUT2D eigenvalue weighted by atomic mass is 16.5. The van der Waals surface area contributed by atoms with E-state index in [1.165, 1.54) is 14.0 Å². The van der Waals surface area contributed by atoms with Crippen LogP contribution in [-0.2, 0) is 32.2 Å². The molecule has 1 aromatic rings. The monoisotopic (exact) mass is 292 g/mol. The fourth-order valence-electron chi connectivity index (χ4n) is 1.61. The molecule has 0 spiro atoms. The molecule has 0 aliphatic carbocycles. The minimum absolute atomic E-state index is 0.0723. The zero-order valence-electron chi connectivity index (χ0n) is 12.3. The number of hydrogen-bond donors (Lipinski definition) is 2. The van der Waals surface area contributed by atoms with Crippen LogP contribution in [0.3, 0.4) is 0 Å². The van der Waals surface area contributed by atoms with Crippen LogP contribution in [0.5, 0.6) is 0 Å². The molecule has 0 saturated heterocycles. The number of hydrogen-bond acceptors (Lipinski definition) is 4. The van der Waals surface area contributed by atoms with Crippen molar-refractivity contribution < 1.29 is 19.1 Å². The van der Waals surface area contributed by atoms with E-state index in [4.69, 9.17) is 0 Å². The van der Waals surface area contributed by atoms with Crippen LogP contribution in [0.25, 0.3) is 0 Å². The zero-order chi connectivity index (χ0) is 15.7. The van der Waals surface area contributed by atoms with Crippen LogP contribution >= 0.6 is 0 Å². The quantitative estimate of drug-likeness (QED) is 0.731. The maximum Gasteiger partial charge on any atom is 0.306 e. The van der Waals surface area contributed by atoms with Gasteiger partial charge in [-0.1, -0.05) is 24.3 Å². The third-order valence-electron chi connectivity index (χ3n) is 2.84. The number of benzene rings is 1. The number of rotatable bonds is 7. The van der Waals surface area contributed by atoms with Gasteiger partial charge in [-0.15, -0.1) is 0 Å². The number of methoxy groups -OCH3 is 1. The van der Waals surface area contributed by atoms with Crippen LogP contribution in [0.2, 0.25) is 0 Å². The van der Waals surface area contributed by atoms with Crippen LogP contribution in [-0.4, -0.2) is 24.9 Å². The Hall–Kier alpha value is -2.37. The molecule has 21 heavy (non-hydrogen) atoms. The second-order valence-electron chi connectivity index (χ2n) is 4.58. The van der Waals surface area contributed by atoms with E-state index in [-0.39, 0.29) is 24.7 Å². The highest BCUT2D eigenvalue weighted by Crippen LogP contribution is 2.04. The summed E-state index contributed by atoms with van der Waals surface area (Å²) in [5, 5.41) is 5.44. The van der Waals surface area contributed by atoms with Crippen molar-refractivity contribution in [1.29, 1.82) is 0 Å². The van der Waals surface area contributed by atoms with Crippen molar-refractivity contribution in [1.82, 2.24) is 10.6 Å². The van der Waals surface area contributed by atoms with E-state index in [9.17, 15) is 14.4 Å². The van der Waals surface area contributed by atoms with Crippen molar-refractivity contribution in [2.24, 2.45) is 0 Å². The predicted octanol–water partition coefficient (Wildman–Crippen LogP) is 0.892. The zero-order valence-corrected chi connectivity index (χ0v) is 12.3. The molecular formula is C15H20N2O4. The first-order chi connectivity index (χ1) is 10.0. The van der Waals surface area contributed by atoms with Gasteiger partial charge in [-0.05, 0) is 11.1 Å². The summed E-state index contributed by atoms with van der Waals surface area (Å²) in [6, 6.07) is 7.56. The first-order valence-electron chi connectivity index (χ1n) is 6.67. The van der Waals surface area contributed by atoms with E-state index >= 15 is 0 Å². The van der Waals surface area contributed by atoms with Gasteiger partial charge in [0.15, 0.2) is 0 Å². The lowest BCUT2D eigenvalue weighted by Gasteiger charge is -2.07. The molecule has 0 aliphatic heterocycles. The summed E-state index contributed by atoms with van der Waals surface area (Å²) in [4.78, 5) is 33.2. The molecule has 0 aliphatic rings. The maximum atomic E-state index is 11.5. The van der Waals surface area contributed by atoms with Gasteiger partial charge in [0.25, 0.3) is 0 Å².